The second-order valence-corrected chi connectivity index (χ2v) is 6.49. The van der Waals surface area contributed by atoms with Crippen LogP contribution in [-0.4, -0.2) is 25.1 Å². The quantitative estimate of drug-likeness (QED) is 0.804. The van der Waals surface area contributed by atoms with E-state index < -0.39 is 0 Å². The largest absolute Gasteiger partial charge is 0.350 e. The molecule has 4 heterocycles. The third-order valence-corrected chi connectivity index (χ3v) is 4.71. The molecule has 1 aliphatic heterocycles. The zero-order chi connectivity index (χ0) is 16.7. The third kappa shape index (κ3) is 2.58. The van der Waals surface area contributed by atoms with Crippen molar-refractivity contribution >= 4 is 11.6 Å². The molecule has 0 unspecified atom stereocenters. The maximum Gasteiger partial charge on any atom is 0.220 e. The minimum Gasteiger partial charge on any atom is -0.350 e. The first-order valence-electron chi connectivity index (χ1n) is 8.35. The number of nitrogens with zero attached hydrogens (tertiary/aromatic N) is 4. The van der Waals surface area contributed by atoms with Crippen molar-refractivity contribution in [3.63, 3.8) is 0 Å². The van der Waals surface area contributed by atoms with Gasteiger partial charge in [0.15, 0.2) is 0 Å². The Bertz CT molecular complexity index is 907. The van der Waals surface area contributed by atoms with Gasteiger partial charge in [0.1, 0.15) is 5.65 Å². The van der Waals surface area contributed by atoms with Gasteiger partial charge in [-0.3, -0.25) is 9.48 Å². The predicted octanol–water partition coefficient (Wildman–Crippen LogP) is 2.34. The van der Waals surface area contributed by atoms with Crippen LogP contribution in [0.4, 0.5) is 0 Å². The molecule has 0 spiro atoms. The van der Waals surface area contributed by atoms with E-state index in [0.717, 1.165) is 41.4 Å². The average molecular weight is 323 g/mol. The number of carbonyl (C=O) groups excluding carboxylic acids is 1. The van der Waals surface area contributed by atoms with Gasteiger partial charge in [0.05, 0.1) is 23.6 Å². The number of imidazole rings is 1. The Morgan fingerprint density at radius 1 is 1.33 bits per heavy atom. The van der Waals surface area contributed by atoms with Gasteiger partial charge in [-0.05, 0) is 38.5 Å². The van der Waals surface area contributed by atoms with Crippen LogP contribution >= 0.6 is 0 Å². The molecule has 1 amide bonds. The summed E-state index contributed by atoms with van der Waals surface area (Å²) in [6.07, 6.45) is 3.40. The van der Waals surface area contributed by atoms with E-state index in [2.05, 4.69) is 27.8 Å². The molecule has 24 heavy (non-hydrogen) atoms. The van der Waals surface area contributed by atoms with Gasteiger partial charge in [-0.15, -0.1) is 0 Å². The predicted molar refractivity (Wildman–Crippen MR) is 90.7 cm³/mol. The molecule has 0 saturated carbocycles. The van der Waals surface area contributed by atoms with E-state index in [1.807, 2.05) is 36.0 Å². The summed E-state index contributed by atoms with van der Waals surface area (Å²) in [5.41, 5.74) is 5.26. The molecular formula is C18H21N5O. The minimum absolute atomic E-state index is 0.0936. The normalized spacial score (nSPS) is 17.6. The summed E-state index contributed by atoms with van der Waals surface area (Å²) in [5.74, 6) is 0.236. The molecule has 1 aliphatic rings. The number of nitrogens with one attached hydrogen (secondary N) is 1. The summed E-state index contributed by atoms with van der Waals surface area (Å²) in [6, 6.07) is 8.09. The molecule has 0 aromatic carbocycles. The highest BCUT2D eigenvalue weighted by Crippen LogP contribution is 2.30. The van der Waals surface area contributed by atoms with Gasteiger partial charge in [0.2, 0.25) is 5.91 Å². The Kier molecular flexibility index (Phi) is 3.59. The van der Waals surface area contributed by atoms with Crippen molar-refractivity contribution in [1.82, 2.24) is 24.5 Å². The van der Waals surface area contributed by atoms with Crippen molar-refractivity contribution in [3.8, 4) is 0 Å². The molecule has 0 bridgehead atoms. The maximum absolute atomic E-state index is 12.1. The molecule has 124 valence electrons. The molecule has 0 saturated heterocycles. The molecule has 4 rings (SSSR count). The van der Waals surface area contributed by atoms with Gasteiger partial charge in [-0.1, -0.05) is 6.07 Å². The lowest BCUT2D eigenvalue weighted by atomic mass is 9.96. The van der Waals surface area contributed by atoms with E-state index in [9.17, 15) is 4.79 Å². The summed E-state index contributed by atoms with van der Waals surface area (Å²) >= 11 is 0. The Labute approximate surface area is 140 Å². The summed E-state index contributed by atoms with van der Waals surface area (Å²) in [6.45, 7) is 5.38. The summed E-state index contributed by atoms with van der Waals surface area (Å²) in [7, 11) is 0. The maximum atomic E-state index is 12.1. The standard InChI is InChI=1S/C18H21N5O/c1-12-9-13(2)23(21-12)8-6-14-10-17(24)19-11-15-18(14)22-7-4-3-5-16(22)20-15/h3-5,7,9,14H,6,8,10-11H2,1-2H3,(H,19,24)/t14-/m1/s1. The van der Waals surface area contributed by atoms with Crippen LogP contribution in [0.25, 0.3) is 5.65 Å². The van der Waals surface area contributed by atoms with E-state index >= 15 is 0 Å². The third-order valence-electron chi connectivity index (χ3n) is 4.71. The lowest BCUT2D eigenvalue weighted by Crippen LogP contribution is -2.21. The van der Waals surface area contributed by atoms with Crippen molar-refractivity contribution in [1.29, 1.82) is 0 Å². The van der Waals surface area contributed by atoms with Gasteiger partial charge in [0.25, 0.3) is 0 Å². The fourth-order valence-corrected chi connectivity index (χ4v) is 3.62. The number of fused-ring (bicyclic) bond motifs is 3. The SMILES string of the molecule is Cc1cc(C)n(CC[C@@H]2CC(=O)NCc3nc4ccccn4c32)n1. The van der Waals surface area contributed by atoms with E-state index in [1.165, 1.54) is 0 Å². The molecular weight excluding hydrogens is 302 g/mol. The van der Waals surface area contributed by atoms with Crippen molar-refractivity contribution in [3.05, 3.63) is 53.2 Å². The van der Waals surface area contributed by atoms with Crippen LogP contribution in [0.1, 0.15) is 41.5 Å². The zero-order valence-corrected chi connectivity index (χ0v) is 14.0. The summed E-state index contributed by atoms with van der Waals surface area (Å²) in [5, 5.41) is 7.50. The molecule has 3 aromatic rings. The van der Waals surface area contributed by atoms with Crippen molar-refractivity contribution in [2.45, 2.75) is 45.7 Å². The Morgan fingerprint density at radius 3 is 3.00 bits per heavy atom. The highest BCUT2D eigenvalue weighted by atomic mass is 16.1. The molecule has 0 aliphatic carbocycles. The van der Waals surface area contributed by atoms with Crippen molar-refractivity contribution < 1.29 is 4.79 Å². The van der Waals surface area contributed by atoms with Crippen molar-refractivity contribution in [2.24, 2.45) is 0 Å². The Balaban J connectivity index is 1.68. The molecule has 3 aromatic heterocycles. The van der Waals surface area contributed by atoms with Gasteiger partial charge >= 0.3 is 0 Å². The van der Waals surface area contributed by atoms with Crippen LogP contribution in [0.5, 0.6) is 0 Å². The first-order chi connectivity index (χ1) is 11.6. The van der Waals surface area contributed by atoms with Crippen LogP contribution in [0.2, 0.25) is 0 Å². The fraction of sp³-hybridized carbons (Fsp3) is 0.389. The Morgan fingerprint density at radius 2 is 2.21 bits per heavy atom. The first kappa shape index (κ1) is 14.9. The number of hydrogen-bond donors (Lipinski definition) is 1. The topological polar surface area (TPSA) is 64.2 Å². The average Bonchev–Trinajstić information content (AvgIpc) is 3.03. The molecule has 0 radical (unpaired) electrons. The molecule has 1 N–H and O–H groups in total. The molecule has 1 atom stereocenters. The first-order valence-corrected chi connectivity index (χ1v) is 8.35. The second-order valence-electron chi connectivity index (χ2n) is 6.49. The zero-order valence-electron chi connectivity index (χ0n) is 14.0. The van der Waals surface area contributed by atoms with Crippen LogP contribution in [0.15, 0.2) is 30.5 Å². The highest BCUT2D eigenvalue weighted by molar-refractivity contribution is 5.77. The van der Waals surface area contributed by atoms with E-state index in [4.69, 9.17) is 4.98 Å². The van der Waals surface area contributed by atoms with Crippen molar-refractivity contribution in [2.75, 3.05) is 0 Å². The van der Waals surface area contributed by atoms with Crippen LogP contribution in [0.3, 0.4) is 0 Å². The van der Waals surface area contributed by atoms with Crippen LogP contribution in [-0.2, 0) is 17.9 Å². The van der Waals surface area contributed by atoms with E-state index in [-0.39, 0.29) is 11.8 Å². The lowest BCUT2D eigenvalue weighted by Gasteiger charge is -2.15. The smallest absolute Gasteiger partial charge is 0.220 e. The molecule has 0 fully saturated rings. The van der Waals surface area contributed by atoms with Gasteiger partial charge in [-0.25, -0.2) is 4.98 Å². The number of aromatic nitrogens is 4. The van der Waals surface area contributed by atoms with Gasteiger partial charge in [-0.2, -0.15) is 5.10 Å². The summed E-state index contributed by atoms with van der Waals surface area (Å²) < 4.78 is 4.16. The number of aryl methyl sites for hydroxylation is 3. The van der Waals surface area contributed by atoms with E-state index in [0.29, 0.717) is 13.0 Å². The fourth-order valence-electron chi connectivity index (χ4n) is 3.62. The molecule has 6 nitrogen and oxygen atoms in total. The number of hydrogen-bond acceptors (Lipinski definition) is 3. The highest BCUT2D eigenvalue weighted by Gasteiger charge is 2.27. The lowest BCUT2D eigenvalue weighted by molar-refractivity contribution is -0.121. The Hall–Kier alpha value is -2.63. The second kappa shape index (κ2) is 5.78. The van der Waals surface area contributed by atoms with Crippen LogP contribution in [0, 0.1) is 13.8 Å². The van der Waals surface area contributed by atoms with Crippen LogP contribution < -0.4 is 5.32 Å². The van der Waals surface area contributed by atoms with Gasteiger partial charge < -0.3 is 9.72 Å². The number of carbonyl (C=O) groups is 1. The molecule has 6 heteroatoms. The van der Waals surface area contributed by atoms with E-state index in [1.54, 1.807) is 0 Å². The monoisotopic (exact) mass is 323 g/mol. The van der Waals surface area contributed by atoms with Gasteiger partial charge in [0, 0.05) is 30.8 Å². The minimum atomic E-state index is 0.0936. The summed E-state index contributed by atoms with van der Waals surface area (Å²) in [4.78, 5) is 16.8. The number of pyridine rings is 1. The number of rotatable bonds is 3. The number of amides is 1.